The molecule has 3 aromatic heterocycles. The molecule has 8 nitrogen and oxygen atoms in total. The molecule has 4 rings (SSSR count). The zero-order chi connectivity index (χ0) is 22.5. The van der Waals surface area contributed by atoms with Gasteiger partial charge in [0.1, 0.15) is 22.9 Å². The molecule has 162 valence electrons. The molecular formula is C23H22N6O2S. The van der Waals surface area contributed by atoms with E-state index in [4.69, 9.17) is 4.74 Å². The highest BCUT2D eigenvalue weighted by atomic mass is 32.2. The van der Waals surface area contributed by atoms with Gasteiger partial charge in [-0.15, -0.1) is 10.2 Å². The Bertz CT molecular complexity index is 1240. The molecule has 3 heterocycles. The van der Waals surface area contributed by atoms with Crippen LogP contribution in [0, 0.1) is 0 Å². The maximum atomic E-state index is 12.9. The van der Waals surface area contributed by atoms with Crippen molar-refractivity contribution in [1.82, 2.24) is 24.7 Å². The smallest absolute Gasteiger partial charge is 0.256 e. The van der Waals surface area contributed by atoms with Gasteiger partial charge in [0, 0.05) is 22.6 Å². The Morgan fingerprint density at radius 3 is 2.69 bits per heavy atom. The van der Waals surface area contributed by atoms with Gasteiger partial charge in [0.05, 0.1) is 7.11 Å². The maximum Gasteiger partial charge on any atom is 0.256 e. The van der Waals surface area contributed by atoms with E-state index in [9.17, 15) is 4.79 Å². The Morgan fingerprint density at radius 1 is 1.06 bits per heavy atom. The number of ether oxygens (including phenoxy) is 1. The maximum absolute atomic E-state index is 12.9. The predicted octanol–water partition coefficient (Wildman–Crippen LogP) is 4.73. The number of carbonyl (C=O) groups is 1. The molecule has 32 heavy (non-hydrogen) atoms. The Balaban J connectivity index is 1.51. The largest absolute Gasteiger partial charge is 0.481 e. The highest BCUT2D eigenvalue weighted by Crippen LogP contribution is 2.28. The van der Waals surface area contributed by atoms with Gasteiger partial charge in [-0.2, -0.15) is 0 Å². The number of methoxy groups -OCH3 is 1. The van der Waals surface area contributed by atoms with Crippen LogP contribution in [0.2, 0.25) is 0 Å². The van der Waals surface area contributed by atoms with Gasteiger partial charge in [-0.05, 0) is 50.2 Å². The van der Waals surface area contributed by atoms with Crippen LogP contribution < -0.4 is 10.1 Å². The lowest BCUT2D eigenvalue weighted by Crippen LogP contribution is -2.13. The molecule has 0 aliphatic heterocycles. The zero-order valence-electron chi connectivity index (χ0n) is 17.9. The van der Waals surface area contributed by atoms with Crippen LogP contribution in [0.3, 0.4) is 0 Å². The molecule has 0 aliphatic rings. The molecule has 0 unspecified atom stereocenters. The first-order valence-corrected chi connectivity index (χ1v) is 10.8. The lowest BCUT2D eigenvalue weighted by Gasteiger charge is -2.11. The molecule has 1 amide bonds. The van der Waals surface area contributed by atoms with Crippen molar-refractivity contribution < 1.29 is 9.53 Å². The molecule has 0 saturated carbocycles. The summed E-state index contributed by atoms with van der Waals surface area (Å²) in [7, 11) is 1.58. The molecule has 0 bridgehead atoms. The fourth-order valence-electron chi connectivity index (χ4n) is 3.01. The summed E-state index contributed by atoms with van der Waals surface area (Å²) >= 11 is 1.46. The van der Waals surface area contributed by atoms with Crippen LogP contribution in [0.1, 0.15) is 30.2 Å². The zero-order valence-corrected chi connectivity index (χ0v) is 18.7. The van der Waals surface area contributed by atoms with Crippen molar-refractivity contribution in [2.24, 2.45) is 0 Å². The molecule has 0 fully saturated rings. The third-order valence-electron chi connectivity index (χ3n) is 4.57. The van der Waals surface area contributed by atoms with Crippen LogP contribution in [-0.4, -0.2) is 37.7 Å². The number of pyridine rings is 2. The second-order valence-electron chi connectivity index (χ2n) is 7.17. The highest BCUT2D eigenvalue weighted by molar-refractivity contribution is 7.99. The number of aromatic nitrogens is 5. The Morgan fingerprint density at radius 2 is 1.88 bits per heavy atom. The van der Waals surface area contributed by atoms with E-state index < -0.39 is 0 Å². The molecule has 0 saturated heterocycles. The number of amides is 1. The van der Waals surface area contributed by atoms with Crippen molar-refractivity contribution in [3.8, 4) is 17.4 Å². The SMILES string of the molecule is COc1cccc(Sc2cccc(C(=O)Nc3cccc(-c4nncn4C(C)C)n3)c2)n1. The van der Waals surface area contributed by atoms with Crippen LogP contribution in [0.4, 0.5) is 5.82 Å². The second-order valence-corrected chi connectivity index (χ2v) is 8.26. The fourth-order valence-corrected chi connectivity index (χ4v) is 3.87. The molecular weight excluding hydrogens is 424 g/mol. The van der Waals surface area contributed by atoms with Gasteiger partial charge in [0.15, 0.2) is 5.82 Å². The van der Waals surface area contributed by atoms with Crippen LogP contribution in [0.25, 0.3) is 11.5 Å². The summed E-state index contributed by atoms with van der Waals surface area (Å²) in [6.07, 6.45) is 1.67. The van der Waals surface area contributed by atoms with Crippen LogP contribution in [-0.2, 0) is 0 Å². The van der Waals surface area contributed by atoms with E-state index in [1.165, 1.54) is 11.8 Å². The van der Waals surface area contributed by atoms with Crippen molar-refractivity contribution in [2.45, 2.75) is 29.8 Å². The minimum absolute atomic E-state index is 0.194. The van der Waals surface area contributed by atoms with E-state index in [-0.39, 0.29) is 11.9 Å². The van der Waals surface area contributed by atoms with E-state index in [2.05, 4.69) is 25.5 Å². The van der Waals surface area contributed by atoms with Crippen molar-refractivity contribution in [3.63, 3.8) is 0 Å². The Labute approximate surface area is 190 Å². The topological polar surface area (TPSA) is 94.8 Å². The monoisotopic (exact) mass is 446 g/mol. The van der Waals surface area contributed by atoms with E-state index in [1.54, 1.807) is 31.6 Å². The van der Waals surface area contributed by atoms with Gasteiger partial charge in [0.25, 0.3) is 5.91 Å². The average molecular weight is 447 g/mol. The van der Waals surface area contributed by atoms with Crippen molar-refractivity contribution in [2.75, 3.05) is 12.4 Å². The first kappa shape index (κ1) is 21.5. The van der Waals surface area contributed by atoms with Gasteiger partial charge < -0.3 is 14.6 Å². The summed E-state index contributed by atoms with van der Waals surface area (Å²) in [5, 5.41) is 11.8. The predicted molar refractivity (Wildman–Crippen MR) is 123 cm³/mol. The third kappa shape index (κ3) is 4.94. The number of benzene rings is 1. The normalized spacial score (nSPS) is 10.9. The number of anilines is 1. The molecule has 0 atom stereocenters. The summed E-state index contributed by atoms with van der Waals surface area (Å²) in [4.78, 5) is 22.7. The van der Waals surface area contributed by atoms with E-state index in [1.807, 2.05) is 60.9 Å². The number of carbonyl (C=O) groups excluding carboxylic acids is 1. The number of nitrogens with zero attached hydrogens (tertiary/aromatic N) is 5. The number of nitrogens with one attached hydrogen (secondary N) is 1. The molecule has 1 aromatic carbocycles. The van der Waals surface area contributed by atoms with Gasteiger partial charge in [0.2, 0.25) is 5.88 Å². The van der Waals surface area contributed by atoms with E-state index in [0.717, 1.165) is 9.92 Å². The van der Waals surface area contributed by atoms with Crippen molar-refractivity contribution in [1.29, 1.82) is 0 Å². The van der Waals surface area contributed by atoms with Gasteiger partial charge >= 0.3 is 0 Å². The molecule has 4 aromatic rings. The van der Waals surface area contributed by atoms with Gasteiger partial charge in [-0.25, -0.2) is 9.97 Å². The molecule has 1 N–H and O–H groups in total. The highest BCUT2D eigenvalue weighted by Gasteiger charge is 2.13. The van der Waals surface area contributed by atoms with Gasteiger partial charge in [-0.3, -0.25) is 4.79 Å². The minimum Gasteiger partial charge on any atom is -0.481 e. The number of hydrogen-bond donors (Lipinski definition) is 1. The summed E-state index contributed by atoms with van der Waals surface area (Å²) in [6, 6.07) is 18.5. The molecule has 0 radical (unpaired) electrons. The lowest BCUT2D eigenvalue weighted by molar-refractivity contribution is 0.102. The number of hydrogen-bond acceptors (Lipinski definition) is 7. The molecule has 0 aliphatic carbocycles. The minimum atomic E-state index is -0.249. The Hall–Kier alpha value is -3.72. The third-order valence-corrected chi connectivity index (χ3v) is 5.50. The second kappa shape index (κ2) is 9.61. The van der Waals surface area contributed by atoms with E-state index >= 15 is 0 Å². The standard InChI is InChI=1S/C23H22N6O2S/c1-15(2)29-14-24-28-22(29)18-9-5-10-19(25-18)26-23(30)16-7-4-8-17(13-16)32-21-12-6-11-20(27-21)31-3/h4-15H,1-3H3,(H,25,26,30). The molecule has 0 spiro atoms. The fraction of sp³-hybridized carbons (Fsp3) is 0.174. The summed E-state index contributed by atoms with van der Waals surface area (Å²) in [6.45, 7) is 4.09. The number of rotatable bonds is 7. The van der Waals surface area contributed by atoms with Crippen LogP contribution in [0.5, 0.6) is 5.88 Å². The van der Waals surface area contributed by atoms with Gasteiger partial charge in [-0.1, -0.05) is 30.0 Å². The van der Waals surface area contributed by atoms with Crippen molar-refractivity contribution in [3.05, 3.63) is 72.6 Å². The molecule has 9 heteroatoms. The lowest BCUT2D eigenvalue weighted by atomic mass is 10.2. The summed E-state index contributed by atoms with van der Waals surface area (Å²) in [5.74, 6) is 1.39. The summed E-state index contributed by atoms with van der Waals surface area (Å²) in [5.41, 5.74) is 1.16. The van der Waals surface area contributed by atoms with Crippen molar-refractivity contribution >= 4 is 23.5 Å². The quantitative estimate of drug-likeness (QED) is 0.438. The van der Waals surface area contributed by atoms with E-state index in [0.29, 0.717) is 28.8 Å². The average Bonchev–Trinajstić information content (AvgIpc) is 3.30. The first-order chi connectivity index (χ1) is 15.5. The van der Waals surface area contributed by atoms with Crippen LogP contribution >= 0.6 is 11.8 Å². The van der Waals surface area contributed by atoms with Crippen LogP contribution in [0.15, 0.2) is 76.9 Å². The Kier molecular flexibility index (Phi) is 6.46. The summed E-state index contributed by atoms with van der Waals surface area (Å²) < 4.78 is 7.10. The first-order valence-electron chi connectivity index (χ1n) is 10.0.